The summed E-state index contributed by atoms with van der Waals surface area (Å²) < 4.78 is 7.30. The maximum absolute atomic E-state index is 12.5. The summed E-state index contributed by atoms with van der Waals surface area (Å²) in [6, 6.07) is 18.3. The molecule has 1 aliphatic heterocycles. The van der Waals surface area contributed by atoms with Gasteiger partial charge in [0.05, 0.1) is 12.4 Å². The lowest BCUT2D eigenvalue weighted by atomic mass is 10.0. The van der Waals surface area contributed by atoms with Gasteiger partial charge in [-0.05, 0) is 47.9 Å². The van der Waals surface area contributed by atoms with Crippen molar-refractivity contribution in [3.63, 3.8) is 0 Å². The minimum Gasteiger partial charge on any atom is -0.492 e. The zero-order valence-electron chi connectivity index (χ0n) is 18.2. The molecule has 3 aromatic rings. The van der Waals surface area contributed by atoms with Gasteiger partial charge >= 0.3 is 0 Å². The minimum atomic E-state index is 0.00385. The van der Waals surface area contributed by atoms with Crippen LogP contribution in [0.3, 0.4) is 0 Å². The summed E-state index contributed by atoms with van der Waals surface area (Å²) in [4.78, 5) is 15.0. The molecule has 1 saturated heterocycles. The van der Waals surface area contributed by atoms with Crippen LogP contribution in [0.5, 0.6) is 5.75 Å². The molecule has 168 valence electrons. The predicted octanol–water partition coefficient (Wildman–Crippen LogP) is 2.93. The third kappa shape index (κ3) is 5.86. The smallest absolute Gasteiger partial charge is 0.230 e. The molecule has 1 N–H and O–H groups in total. The number of hydrogen-bond acceptors (Lipinski definition) is 7. The Balaban J connectivity index is 1.26. The van der Waals surface area contributed by atoms with Crippen LogP contribution >= 0.6 is 11.8 Å². The molecule has 0 radical (unpaired) electrons. The Labute approximate surface area is 192 Å². The van der Waals surface area contributed by atoms with E-state index >= 15 is 0 Å². The molecule has 32 heavy (non-hydrogen) atoms. The number of carbonyl (C=O) groups is 1. The van der Waals surface area contributed by atoms with E-state index in [1.54, 1.807) is 4.68 Å². The van der Waals surface area contributed by atoms with Gasteiger partial charge in [-0.1, -0.05) is 54.2 Å². The van der Waals surface area contributed by atoms with E-state index in [4.69, 9.17) is 4.74 Å². The number of rotatable bonds is 9. The molecule has 9 heteroatoms. The molecule has 8 nitrogen and oxygen atoms in total. The Bertz CT molecular complexity index is 1000. The normalized spacial score (nSPS) is 14.9. The van der Waals surface area contributed by atoms with Crippen LogP contribution in [0.4, 0.5) is 0 Å². The number of thioether (sulfide) groups is 1. The van der Waals surface area contributed by atoms with E-state index in [1.165, 1.54) is 17.3 Å². The van der Waals surface area contributed by atoms with Crippen LogP contribution in [0, 0.1) is 0 Å². The number of hydrogen-bond donors (Lipinski definition) is 1. The monoisotopic (exact) mass is 452 g/mol. The van der Waals surface area contributed by atoms with Gasteiger partial charge in [-0.15, -0.1) is 5.10 Å². The van der Waals surface area contributed by atoms with Crippen molar-refractivity contribution in [1.82, 2.24) is 30.4 Å². The van der Waals surface area contributed by atoms with E-state index < -0.39 is 0 Å². The zero-order chi connectivity index (χ0) is 22.2. The molecule has 2 aromatic carbocycles. The molecule has 0 atom stereocenters. The van der Waals surface area contributed by atoms with Gasteiger partial charge in [0, 0.05) is 25.7 Å². The Morgan fingerprint density at radius 3 is 2.66 bits per heavy atom. The van der Waals surface area contributed by atoms with Gasteiger partial charge in [-0.3, -0.25) is 9.69 Å². The second kappa shape index (κ2) is 11.1. The van der Waals surface area contributed by atoms with Gasteiger partial charge < -0.3 is 10.1 Å². The first-order valence-electron chi connectivity index (χ1n) is 10.9. The second-order valence-corrected chi connectivity index (χ2v) is 8.61. The first kappa shape index (κ1) is 22.3. The average Bonchev–Trinajstić information content (AvgIpc) is 3.29. The van der Waals surface area contributed by atoms with Crippen molar-refractivity contribution in [1.29, 1.82) is 0 Å². The molecule has 0 spiro atoms. The van der Waals surface area contributed by atoms with Crippen molar-refractivity contribution in [3.05, 3.63) is 60.2 Å². The van der Waals surface area contributed by atoms with Crippen molar-refractivity contribution in [2.45, 2.75) is 37.5 Å². The fraction of sp³-hybridized carbons (Fsp3) is 0.391. The molecule has 4 rings (SSSR count). The highest BCUT2D eigenvalue weighted by molar-refractivity contribution is 7.99. The van der Waals surface area contributed by atoms with E-state index in [0.29, 0.717) is 17.5 Å². The number of ether oxygens (including phenoxy) is 1. The molecular weight excluding hydrogens is 424 g/mol. The number of likely N-dealkylation sites (tertiary alicyclic amines) is 1. The number of para-hydroxylation sites is 2. The Morgan fingerprint density at radius 2 is 1.88 bits per heavy atom. The van der Waals surface area contributed by atoms with Crippen LogP contribution in [0.2, 0.25) is 0 Å². The molecule has 0 saturated carbocycles. The summed E-state index contributed by atoms with van der Waals surface area (Å²) in [5, 5.41) is 15.7. The van der Waals surface area contributed by atoms with Gasteiger partial charge in [0.1, 0.15) is 11.4 Å². The third-order valence-corrected chi connectivity index (χ3v) is 6.29. The van der Waals surface area contributed by atoms with Crippen LogP contribution in [0.1, 0.15) is 25.3 Å². The lowest BCUT2D eigenvalue weighted by Gasteiger charge is -2.32. The average molecular weight is 453 g/mol. The summed E-state index contributed by atoms with van der Waals surface area (Å²) in [6.07, 6.45) is 1.92. The summed E-state index contributed by atoms with van der Waals surface area (Å²) in [5.74, 6) is 0.974. The quantitative estimate of drug-likeness (QED) is 0.500. The van der Waals surface area contributed by atoms with Gasteiger partial charge in [0.25, 0.3) is 0 Å². The molecule has 1 aromatic heterocycles. The van der Waals surface area contributed by atoms with Crippen LogP contribution in [0.25, 0.3) is 5.69 Å². The standard InChI is InChI=1S/C23H28N6O2S/c1-2-31-21-11-7-6-10-20(21)29-23(25-26-27-29)32-17-22(30)24-19-12-14-28(15-13-19)16-18-8-4-3-5-9-18/h3-11,19H,2,12-17H2,1H3,(H,24,30). The first-order valence-corrected chi connectivity index (χ1v) is 11.9. The number of nitrogens with one attached hydrogen (secondary N) is 1. The molecule has 0 unspecified atom stereocenters. The third-order valence-electron chi connectivity index (χ3n) is 5.37. The lowest BCUT2D eigenvalue weighted by Crippen LogP contribution is -2.44. The molecule has 1 fully saturated rings. The summed E-state index contributed by atoms with van der Waals surface area (Å²) >= 11 is 1.32. The zero-order valence-corrected chi connectivity index (χ0v) is 19.0. The van der Waals surface area contributed by atoms with Crippen LogP contribution < -0.4 is 10.1 Å². The number of nitrogens with zero attached hydrogens (tertiary/aromatic N) is 5. The van der Waals surface area contributed by atoms with Crippen molar-refractivity contribution < 1.29 is 9.53 Å². The predicted molar refractivity (Wildman–Crippen MR) is 124 cm³/mol. The number of amides is 1. The van der Waals surface area contributed by atoms with Crippen LogP contribution in [-0.2, 0) is 11.3 Å². The fourth-order valence-electron chi connectivity index (χ4n) is 3.81. The molecule has 0 aliphatic carbocycles. The molecule has 1 amide bonds. The Hall–Kier alpha value is -2.91. The van der Waals surface area contributed by atoms with E-state index in [9.17, 15) is 4.79 Å². The van der Waals surface area contributed by atoms with Gasteiger partial charge in [-0.25, -0.2) is 0 Å². The second-order valence-electron chi connectivity index (χ2n) is 7.67. The number of benzene rings is 2. The van der Waals surface area contributed by atoms with Crippen molar-refractivity contribution >= 4 is 17.7 Å². The van der Waals surface area contributed by atoms with Gasteiger partial charge in [0.15, 0.2) is 0 Å². The molecule has 2 heterocycles. The van der Waals surface area contributed by atoms with Crippen molar-refractivity contribution in [3.8, 4) is 11.4 Å². The van der Waals surface area contributed by atoms with Gasteiger partial charge in [-0.2, -0.15) is 4.68 Å². The lowest BCUT2D eigenvalue weighted by molar-refractivity contribution is -0.119. The first-order chi connectivity index (χ1) is 15.7. The topological polar surface area (TPSA) is 85.2 Å². The summed E-state index contributed by atoms with van der Waals surface area (Å²) in [5.41, 5.74) is 2.09. The SMILES string of the molecule is CCOc1ccccc1-n1nnnc1SCC(=O)NC1CCN(Cc2ccccc2)CC1. The largest absolute Gasteiger partial charge is 0.492 e. The molecule has 1 aliphatic rings. The highest BCUT2D eigenvalue weighted by atomic mass is 32.2. The minimum absolute atomic E-state index is 0.00385. The number of tetrazole rings is 1. The Morgan fingerprint density at radius 1 is 1.12 bits per heavy atom. The number of aromatic nitrogens is 4. The summed E-state index contributed by atoms with van der Waals surface area (Å²) in [7, 11) is 0. The maximum atomic E-state index is 12.5. The van der Waals surface area contributed by atoms with Crippen molar-refractivity contribution in [2.24, 2.45) is 0 Å². The number of carbonyl (C=O) groups excluding carboxylic acids is 1. The molecule has 0 bridgehead atoms. The van der Waals surface area contributed by atoms with Gasteiger partial charge in [0.2, 0.25) is 11.1 Å². The van der Waals surface area contributed by atoms with E-state index in [0.717, 1.165) is 38.2 Å². The van der Waals surface area contributed by atoms with E-state index in [1.807, 2.05) is 37.3 Å². The maximum Gasteiger partial charge on any atom is 0.230 e. The summed E-state index contributed by atoms with van der Waals surface area (Å²) in [6.45, 7) is 5.42. The highest BCUT2D eigenvalue weighted by Gasteiger charge is 2.21. The van der Waals surface area contributed by atoms with Crippen LogP contribution in [-0.4, -0.2) is 62.5 Å². The van der Waals surface area contributed by atoms with Crippen molar-refractivity contribution in [2.75, 3.05) is 25.4 Å². The van der Waals surface area contributed by atoms with Crippen LogP contribution in [0.15, 0.2) is 59.8 Å². The fourth-order valence-corrected chi connectivity index (χ4v) is 4.50. The molecular formula is C23H28N6O2S. The van der Waals surface area contributed by atoms with E-state index in [2.05, 4.69) is 50.0 Å². The number of piperidine rings is 1. The van der Waals surface area contributed by atoms with E-state index in [-0.39, 0.29) is 17.7 Å². The Kier molecular flexibility index (Phi) is 7.73. The highest BCUT2D eigenvalue weighted by Crippen LogP contribution is 2.26.